The zero-order valence-corrected chi connectivity index (χ0v) is 18.0. The summed E-state index contributed by atoms with van der Waals surface area (Å²) in [5.41, 5.74) is 0. The third kappa shape index (κ3) is 22.1. The number of benzene rings is 1. The molecule has 1 aromatic carbocycles. The number of allylic oxidation sites excluding steroid dienone is 1. The highest BCUT2D eigenvalue weighted by Crippen LogP contribution is 2.12. The number of carbonyl (C=O) groups is 1. The number of rotatable bonds is 20. The van der Waals surface area contributed by atoms with Gasteiger partial charge in [0.1, 0.15) is 5.76 Å². The Labute approximate surface area is 186 Å². The smallest absolute Gasteiger partial charge is 0.327 e. The molecule has 0 bridgehead atoms. The summed E-state index contributed by atoms with van der Waals surface area (Å²) < 4.78 is 0. The lowest BCUT2D eigenvalue weighted by Crippen LogP contribution is -2.04. The molecule has 0 fully saturated rings. The minimum absolute atomic E-state index is 0.379. The molecule has 0 unspecified atom stereocenters. The molecule has 0 radical (unpaired) electrons. The summed E-state index contributed by atoms with van der Waals surface area (Å²) in [6, 6.07) is 8.51. The molecule has 0 aliphatic carbocycles. The number of para-hydroxylation sites is 1. The first-order valence-electron chi connectivity index (χ1n) is 9.86. The molecule has 0 spiro atoms. The zero-order chi connectivity index (χ0) is 23.7. The monoisotopic (exact) mass is 462 g/mol. The van der Waals surface area contributed by atoms with Gasteiger partial charge in [-0.1, -0.05) is 76.8 Å². The Morgan fingerprint density at radius 2 is 1.34 bits per heavy atom. The molecule has 0 saturated carbocycles. The van der Waals surface area contributed by atoms with E-state index in [9.17, 15) is 4.79 Å². The van der Waals surface area contributed by atoms with Crippen molar-refractivity contribution in [3.05, 3.63) is 55.3 Å². The molecule has 1 aromatic rings. The lowest BCUT2D eigenvalue weighted by atomic mass is 10.1. The maximum absolute atomic E-state index is 9.25. The van der Waals surface area contributed by atoms with Crippen LogP contribution in [0.3, 0.4) is 0 Å². The van der Waals surface area contributed by atoms with E-state index in [4.69, 9.17) is 5.11 Å². The molecule has 0 heterocycles. The highest BCUT2D eigenvalue weighted by Gasteiger charge is 2.01. The van der Waals surface area contributed by atoms with E-state index in [1.54, 1.807) is 30.3 Å². The third-order valence-corrected chi connectivity index (χ3v) is 3.45. The summed E-state index contributed by atoms with van der Waals surface area (Å²) in [7, 11) is 0. The van der Waals surface area contributed by atoms with Crippen molar-refractivity contribution in [3.8, 4) is 5.75 Å². The molecule has 0 saturated heterocycles. The highest BCUT2D eigenvalue weighted by molar-refractivity contribution is 5.78. The molecule has 0 amide bonds. The van der Waals surface area contributed by atoms with Crippen LogP contribution in [0, 0.1) is 0 Å². The van der Waals surface area contributed by atoms with Gasteiger partial charge in [-0.25, -0.2) is 4.79 Å². The van der Waals surface area contributed by atoms with E-state index in [0.29, 0.717) is 17.9 Å². The van der Waals surface area contributed by atoms with Crippen LogP contribution in [0.4, 0.5) is 0 Å². The van der Waals surface area contributed by atoms with Gasteiger partial charge in [-0.2, -0.15) is 0 Å². The van der Waals surface area contributed by atoms with Gasteiger partial charge < -0.3 is 14.9 Å². The van der Waals surface area contributed by atoms with Gasteiger partial charge in [0, 0.05) is 52.8 Å². The Kier molecular flexibility index (Phi) is 21.3. The van der Waals surface area contributed by atoms with Crippen molar-refractivity contribution in [1.29, 1.82) is 0 Å². The van der Waals surface area contributed by atoms with Gasteiger partial charge in [0.2, 0.25) is 0 Å². The molecule has 0 aliphatic rings. The van der Waals surface area contributed by atoms with E-state index in [2.05, 4.69) is 70.2 Å². The molecule has 1 N–H and O–H groups in total. The van der Waals surface area contributed by atoms with Crippen LogP contribution < -0.4 is 4.89 Å². The normalized spacial score (nSPS) is 10.0. The maximum Gasteiger partial charge on any atom is 0.327 e. The fraction of sp³-hybridized carbons (Fsp3) is 0.450. The number of unbranched alkanes of at least 4 members (excludes halogenated alkanes) is 6. The number of carboxylic acid groups (broad SMARTS) is 1. The lowest BCUT2D eigenvalue weighted by Gasteiger charge is -2.05. The fourth-order valence-corrected chi connectivity index (χ4v) is 1.98. The number of hydrogen-bond acceptors (Lipinski definition) is 11. The van der Waals surface area contributed by atoms with Gasteiger partial charge in [-0.05, 0) is 18.6 Å². The predicted octanol–water partition coefficient (Wildman–Crippen LogP) is 5.36. The van der Waals surface area contributed by atoms with Crippen molar-refractivity contribution in [3.63, 3.8) is 0 Å². The van der Waals surface area contributed by atoms with E-state index in [1.165, 1.54) is 32.1 Å². The minimum atomic E-state index is -0.981. The molecule has 0 aliphatic heterocycles. The molecule has 32 heavy (non-hydrogen) atoms. The van der Waals surface area contributed by atoms with Gasteiger partial charge in [0.05, 0.1) is 0 Å². The maximum atomic E-state index is 9.25. The van der Waals surface area contributed by atoms with Crippen LogP contribution in [0.1, 0.15) is 58.3 Å². The number of carboxylic acids is 1. The summed E-state index contributed by atoms with van der Waals surface area (Å²) in [6.07, 6.45) is 9.80. The molecule has 0 atom stereocenters. The standard InChI is InChI=1S/C17H26O10.C3H4O2/c1-3-4-5-6-7-8-10-13-16(2)18-20-22-24-26-27-25-23-21-19-17-14-11-9-12-15-17;1-2-3(4)5/h9,11-12,14-15H,2-8,10,13H2,1H3;2H,1H2,(H,4,5). The number of aliphatic carboxylic acids is 1. The van der Waals surface area contributed by atoms with E-state index < -0.39 is 5.97 Å². The Morgan fingerprint density at radius 1 is 0.844 bits per heavy atom. The Bertz CT molecular complexity index is 581. The van der Waals surface area contributed by atoms with E-state index in [0.717, 1.165) is 18.9 Å². The van der Waals surface area contributed by atoms with Crippen LogP contribution >= 0.6 is 0 Å². The summed E-state index contributed by atoms with van der Waals surface area (Å²) >= 11 is 0. The Balaban J connectivity index is 0.00000172. The first-order valence-corrected chi connectivity index (χ1v) is 9.86. The second-order valence-electron chi connectivity index (χ2n) is 5.98. The van der Waals surface area contributed by atoms with Crippen LogP contribution in [0.2, 0.25) is 0 Å². The van der Waals surface area contributed by atoms with Gasteiger partial charge >= 0.3 is 5.97 Å². The van der Waals surface area contributed by atoms with Gasteiger partial charge in [-0.3, -0.25) is 0 Å². The van der Waals surface area contributed by atoms with E-state index in [-0.39, 0.29) is 0 Å². The van der Waals surface area contributed by atoms with Crippen LogP contribution in [0.5, 0.6) is 5.75 Å². The SMILES string of the molecule is C=C(CCCCCCCCC)OOOOOOOOOOc1ccccc1.C=CC(=O)O. The van der Waals surface area contributed by atoms with E-state index >= 15 is 0 Å². The van der Waals surface area contributed by atoms with Crippen LogP contribution in [-0.4, -0.2) is 11.1 Å². The molecular formula is C20H30O12. The number of hydrogen-bond donors (Lipinski definition) is 1. The van der Waals surface area contributed by atoms with Crippen molar-refractivity contribution in [2.24, 2.45) is 0 Å². The molecule has 12 nitrogen and oxygen atoms in total. The van der Waals surface area contributed by atoms with Gasteiger partial charge in [0.25, 0.3) is 0 Å². The van der Waals surface area contributed by atoms with Crippen molar-refractivity contribution >= 4 is 5.97 Å². The summed E-state index contributed by atoms with van der Waals surface area (Å²) in [5.74, 6) is -0.215. The zero-order valence-electron chi connectivity index (χ0n) is 18.0. The second-order valence-corrected chi connectivity index (χ2v) is 5.98. The first-order chi connectivity index (χ1) is 15.6. The Morgan fingerprint density at radius 3 is 1.91 bits per heavy atom. The summed E-state index contributed by atoms with van der Waals surface area (Å²) in [5, 5.41) is 39.5. The highest BCUT2D eigenvalue weighted by atomic mass is 17.9. The largest absolute Gasteiger partial charge is 0.478 e. The Hall–Kier alpha value is -2.55. The summed E-state index contributed by atoms with van der Waals surface area (Å²) in [6.45, 7) is 8.82. The molecule has 0 aromatic heterocycles. The predicted molar refractivity (Wildman–Crippen MR) is 106 cm³/mol. The van der Waals surface area contributed by atoms with Crippen molar-refractivity contribution in [2.75, 3.05) is 0 Å². The molecular weight excluding hydrogens is 432 g/mol. The van der Waals surface area contributed by atoms with Crippen LogP contribution in [0.15, 0.2) is 55.3 Å². The lowest BCUT2D eigenvalue weighted by molar-refractivity contribution is -0.840. The fourth-order valence-electron chi connectivity index (χ4n) is 1.98. The van der Waals surface area contributed by atoms with Gasteiger partial charge in [0.15, 0.2) is 5.75 Å². The third-order valence-electron chi connectivity index (χ3n) is 3.45. The average molecular weight is 462 g/mol. The molecule has 12 heteroatoms. The molecule has 1 rings (SSSR count). The summed E-state index contributed by atoms with van der Waals surface area (Å²) in [4.78, 5) is 18.6. The first kappa shape index (κ1) is 29.5. The van der Waals surface area contributed by atoms with E-state index in [1.807, 2.05) is 0 Å². The molecule has 182 valence electrons. The van der Waals surface area contributed by atoms with Crippen LogP contribution in [0.25, 0.3) is 0 Å². The second kappa shape index (κ2) is 23.1. The van der Waals surface area contributed by atoms with Crippen molar-refractivity contribution < 1.29 is 60.0 Å². The van der Waals surface area contributed by atoms with Crippen LogP contribution in [-0.2, 0) is 50.0 Å². The minimum Gasteiger partial charge on any atom is -0.478 e. The topological polar surface area (TPSA) is 130 Å². The average Bonchev–Trinajstić information content (AvgIpc) is 2.80. The van der Waals surface area contributed by atoms with Gasteiger partial charge in [-0.15, -0.1) is 0 Å². The van der Waals surface area contributed by atoms with Crippen molar-refractivity contribution in [2.45, 2.75) is 58.3 Å². The van der Waals surface area contributed by atoms with Crippen molar-refractivity contribution in [1.82, 2.24) is 0 Å². The quantitative estimate of drug-likeness (QED) is 0.0880.